The molecule has 11 nitrogen and oxygen atoms in total. The van der Waals surface area contributed by atoms with Crippen LogP contribution in [-0.2, 0) is 28.8 Å². The van der Waals surface area contributed by atoms with Crippen LogP contribution in [0.3, 0.4) is 0 Å². The van der Waals surface area contributed by atoms with E-state index in [1.807, 2.05) is 6.92 Å². The summed E-state index contributed by atoms with van der Waals surface area (Å²) in [6.07, 6.45) is 6.16. The Bertz CT molecular complexity index is 616. The molecule has 0 spiro atoms. The molecule has 1 atom stereocenters. The van der Waals surface area contributed by atoms with Crippen molar-refractivity contribution in [2.24, 2.45) is 0 Å². The molecule has 29 heavy (non-hydrogen) atoms. The van der Waals surface area contributed by atoms with E-state index in [0.29, 0.717) is 19.4 Å². The van der Waals surface area contributed by atoms with Crippen LogP contribution < -0.4 is 16.0 Å². The zero-order valence-electron chi connectivity index (χ0n) is 16.6. The van der Waals surface area contributed by atoms with E-state index in [-0.39, 0.29) is 30.8 Å². The topological polar surface area (TPSA) is 162 Å². The smallest absolute Gasteiger partial charge is 0.325 e. The van der Waals surface area contributed by atoms with Crippen molar-refractivity contribution in [3.63, 3.8) is 0 Å². The highest BCUT2D eigenvalue weighted by atomic mass is 16.4. The molecular formula is C18H28N4O7. The van der Waals surface area contributed by atoms with Crippen LogP contribution in [0.5, 0.6) is 0 Å². The third-order valence-electron chi connectivity index (χ3n) is 3.67. The lowest BCUT2D eigenvalue weighted by Gasteiger charge is -2.12. The van der Waals surface area contributed by atoms with Crippen LogP contribution in [-0.4, -0.2) is 71.7 Å². The molecule has 0 bridgehead atoms. The third kappa shape index (κ3) is 12.0. The molecule has 1 rings (SSSR count). The molecule has 0 fully saturated rings. The molecule has 0 aromatic rings. The second-order valence-electron chi connectivity index (χ2n) is 6.09. The average Bonchev–Trinajstić information content (AvgIpc) is 2.99. The molecule has 0 aromatic heterocycles. The Balaban J connectivity index is 0.000000571. The molecule has 0 radical (unpaired) electrons. The summed E-state index contributed by atoms with van der Waals surface area (Å²) in [7, 11) is 0. The van der Waals surface area contributed by atoms with Crippen LogP contribution in [0.4, 0.5) is 0 Å². The molecule has 0 saturated carbocycles. The van der Waals surface area contributed by atoms with Crippen LogP contribution >= 0.6 is 0 Å². The molecule has 1 unspecified atom stereocenters. The van der Waals surface area contributed by atoms with Crippen LogP contribution in [0.25, 0.3) is 0 Å². The highest BCUT2D eigenvalue weighted by Crippen LogP contribution is 2.01. The molecule has 11 heteroatoms. The Morgan fingerprint density at radius 1 is 1.14 bits per heavy atom. The summed E-state index contributed by atoms with van der Waals surface area (Å²) in [5.74, 6) is -2.44. The van der Waals surface area contributed by atoms with E-state index < -0.39 is 17.9 Å². The van der Waals surface area contributed by atoms with Crippen LogP contribution in [0.15, 0.2) is 12.2 Å². The molecule has 4 N–H and O–H groups in total. The normalized spacial score (nSPS) is 13.2. The van der Waals surface area contributed by atoms with Crippen molar-refractivity contribution in [1.82, 2.24) is 20.9 Å². The number of carboxylic acid groups (broad SMARTS) is 1. The molecule has 162 valence electrons. The lowest BCUT2D eigenvalue weighted by molar-refractivity contribution is -0.141. The Kier molecular flexibility index (Phi) is 13.1. The summed E-state index contributed by atoms with van der Waals surface area (Å²) in [5, 5.41) is 15.6. The van der Waals surface area contributed by atoms with Crippen molar-refractivity contribution < 1.29 is 33.9 Å². The zero-order valence-corrected chi connectivity index (χ0v) is 16.6. The number of carbonyl (C=O) groups is 6. The summed E-state index contributed by atoms with van der Waals surface area (Å²) in [6, 6.07) is -0.945. The predicted molar refractivity (Wildman–Crippen MR) is 102 cm³/mol. The first-order valence-corrected chi connectivity index (χ1v) is 9.22. The minimum atomic E-state index is -1.10. The summed E-state index contributed by atoms with van der Waals surface area (Å²) < 4.78 is 0. The summed E-state index contributed by atoms with van der Waals surface area (Å²) in [6.45, 7) is 3.75. The van der Waals surface area contributed by atoms with Crippen molar-refractivity contribution in [2.75, 3.05) is 19.6 Å². The summed E-state index contributed by atoms with van der Waals surface area (Å²) >= 11 is 0. The number of rotatable bonds is 12. The number of unbranched alkanes of at least 4 members (excludes halogenated alkanes) is 2. The number of nitrogens with one attached hydrogen (secondary N) is 3. The van der Waals surface area contributed by atoms with Gasteiger partial charge >= 0.3 is 5.97 Å². The second kappa shape index (κ2) is 14.8. The molecule has 1 heterocycles. The fourth-order valence-corrected chi connectivity index (χ4v) is 2.04. The first-order valence-electron chi connectivity index (χ1n) is 9.22. The molecule has 0 aromatic carbocycles. The van der Waals surface area contributed by atoms with Crippen LogP contribution in [0, 0.1) is 0 Å². The fraction of sp³-hybridized carbons (Fsp3) is 0.556. The monoisotopic (exact) mass is 412 g/mol. The van der Waals surface area contributed by atoms with Gasteiger partial charge < -0.3 is 21.1 Å². The first-order chi connectivity index (χ1) is 13.7. The SMILES string of the molecule is CCCCCC(=O)NCC(=O)NC(C)C(=O)O.O=CNCCN1C(=O)C=CC1=O. The fourth-order valence-electron chi connectivity index (χ4n) is 2.04. The van der Waals surface area contributed by atoms with Crippen molar-refractivity contribution in [1.29, 1.82) is 0 Å². The van der Waals surface area contributed by atoms with Gasteiger partial charge in [0.15, 0.2) is 0 Å². The first kappa shape index (κ1) is 25.8. The number of amides is 5. The number of nitrogens with zero attached hydrogens (tertiary/aromatic N) is 1. The molecule has 1 aliphatic heterocycles. The highest BCUT2D eigenvalue weighted by Gasteiger charge is 2.22. The van der Waals surface area contributed by atoms with Gasteiger partial charge in [0.1, 0.15) is 6.04 Å². The van der Waals surface area contributed by atoms with E-state index in [1.165, 1.54) is 19.1 Å². The van der Waals surface area contributed by atoms with Gasteiger partial charge in [-0.2, -0.15) is 0 Å². The quantitative estimate of drug-likeness (QED) is 0.180. The lowest BCUT2D eigenvalue weighted by atomic mass is 10.2. The molecule has 1 aliphatic rings. The van der Waals surface area contributed by atoms with Gasteiger partial charge in [-0.25, -0.2) is 0 Å². The predicted octanol–water partition coefficient (Wildman–Crippen LogP) is -1.07. The van der Waals surface area contributed by atoms with Crippen molar-refractivity contribution in [3.8, 4) is 0 Å². The van der Waals surface area contributed by atoms with E-state index in [4.69, 9.17) is 5.11 Å². The van der Waals surface area contributed by atoms with Crippen molar-refractivity contribution in [3.05, 3.63) is 12.2 Å². The number of imide groups is 1. The number of carbonyl (C=O) groups excluding carboxylic acids is 5. The van der Waals surface area contributed by atoms with Gasteiger partial charge in [0.2, 0.25) is 18.2 Å². The lowest BCUT2D eigenvalue weighted by Crippen LogP contribution is -2.43. The standard InChI is InChI=1S/C11H20N2O4.C7H8N2O3/c1-3-4-5-6-9(14)12-7-10(15)13-8(2)11(16)17;10-5-8-3-4-9-6(11)1-2-7(9)12/h8H,3-7H2,1-2H3,(H,12,14)(H,13,15)(H,16,17);1-2,5H,3-4H2,(H,8,10). The van der Waals surface area contributed by atoms with Gasteiger partial charge in [0.05, 0.1) is 6.54 Å². The molecular weight excluding hydrogens is 384 g/mol. The maximum atomic E-state index is 11.2. The van der Waals surface area contributed by atoms with E-state index in [1.54, 1.807) is 0 Å². The zero-order chi connectivity index (χ0) is 22.2. The van der Waals surface area contributed by atoms with E-state index in [2.05, 4.69) is 16.0 Å². The average molecular weight is 412 g/mol. The molecule has 0 saturated heterocycles. The number of hydrogen-bond acceptors (Lipinski definition) is 6. The highest BCUT2D eigenvalue weighted by molar-refractivity contribution is 6.12. The second-order valence-corrected chi connectivity index (χ2v) is 6.09. The van der Waals surface area contributed by atoms with Crippen molar-refractivity contribution >= 4 is 36.0 Å². The Labute approximate surface area is 168 Å². The largest absolute Gasteiger partial charge is 0.480 e. The van der Waals surface area contributed by atoms with Gasteiger partial charge in [0.25, 0.3) is 11.8 Å². The third-order valence-corrected chi connectivity index (χ3v) is 3.67. The van der Waals surface area contributed by atoms with Crippen LogP contribution in [0.1, 0.15) is 39.5 Å². The minimum absolute atomic E-state index is 0.178. The van der Waals surface area contributed by atoms with E-state index >= 15 is 0 Å². The Morgan fingerprint density at radius 2 is 1.76 bits per heavy atom. The van der Waals surface area contributed by atoms with E-state index in [9.17, 15) is 28.8 Å². The van der Waals surface area contributed by atoms with Gasteiger partial charge in [-0.05, 0) is 13.3 Å². The molecule has 5 amide bonds. The van der Waals surface area contributed by atoms with Gasteiger partial charge in [-0.15, -0.1) is 0 Å². The van der Waals surface area contributed by atoms with Gasteiger partial charge in [-0.3, -0.25) is 33.7 Å². The van der Waals surface area contributed by atoms with E-state index in [0.717, 1.165) is 24.2 Å². The minimum Gasteiger partial charge on any atom is -0.480 e. The Hall–Kier alpha value is -3.24. The summed E-state index contributed by atoms with van der Waals surface area (Å²) in [5.41, 5.74) is 0. The number of hydrogen-bond donors (Lipinski definition) is 4. The maximum absolute atomic E-state index is 11.2. The molecule has 0 aliphatic carbocycles. The number of carboxylic acids is 1. The number of aliphatic carboxylic acids is 1. The maximum Gasteiger partial charge on any atom is 0.325 e. The van der Waals surface area contributed by atoms with Crippen molar-refractivity contribution in [2.45, 2.75) is 45.6 Å². The van der Waals surface area contributed by atoms with Gasteiger partial charge in [0, 0.05) is 31.7 Å². The van der Waals surface area contributed by atoms with Gasteiger partial charge in [-0.1, -0.05) is 19.8 Å². The van der Waals surface area contributed by atoms with Crippen LogP contribution in [0.2, 0.25) is 0 Å². The Morgan fingerprint density at radius 3 is 2.28 bits per heavy atom. The summed E-state index contributed by atoms with van der Waals surface area (Å²) in [4.78, 5) is 65.5.